The van der Waals surface area contributed by atoms with Crippen molar-refractivity contribution < 1.29 is 33.4 Å². The summed E-state index contributed by atoms with van der Waals surface area (Å²) >= 11 is 0. The third kappa shape index (κ3) is 10.7. The first-order chi connectivity index (χ1) is 10.9. The first-order valence-corrected chi connectivity index (χ1v) is 7.92. The summed E-state index contributed by atoms with van der Waals surface area (Å²) in [6.07, 6.45) is 2.24. The zero-order valence-electron chi connectivity index (χ0n) is 15.3. The number of methoxy groups -OCH3 is 1. The van der Waals surface area contributed by atoms with Crippen LogP contribution in [-0.2, 0) is 19.1 Å². The summed E-state index contributed by atoms with van der Waals surface area (Å²) in [5.74, 6) is -2.45. The van der Waals surface area contributed by atoms with Crippen molar-refractivity contribution in [1.29, 1.82) is 0 Å². The maximum atomic E-state index is 13.5. The SMILES string of the molecule is COC(=O)[C@H](CC/[N+](O)=C\C(F)=C/C(C)C)CC(=O)OC(C)(C)C. The molecule has 0 amide bonds. The minimum absolute atomic E-state index is 0.00429. The Bertz CT molecular complexity index is 492. The highest BCUT2D eigenvalue weighted by molar-refractivity contribution is 5.80. The highest BCUT2D eigenvalue weighted by atomic mass is 19.1. The molecule has 0 spiro atoms. The van der Waals surface area contributed by atoms with E-state index in [-0.39, 0.29) is 25.3 Å². The highest BCUT2D eigenvalue weighted by Gasteiger charge is 2.27. The molecule has 138 valence electrons. The molecule has 0 fully saturated rings. The third-order valence-electron chi connectivity index (χ3n) is 2.84. The van der Waals surface area contributed by atoms with Crippen LogP contribution in [0.1, 0.15) is 47.5 Å². The van der Waals surface area contributed by atoms with Crippen molar-refractivity contribution in [2.45, 2.75) is 53.1 Å². The van der Waals surface area contributed by atoms with Gasteiger partial charge in [0.1, 0.15) is 5.60 Å². The molecule has 1 N–H and O–H groups in total. The Morgan fingerprint density at radius 1 is 1.29 bits per heavy atom. The average Bonchev–Trinajstić information content (AvgIpc) is 2.39. The van der Waals surface area contributed by atoms with Crippen LogP contribution in [0.5, 0.6) is 0 Å². The summed E-state index contributed by atoms with van der Waals surface area (Å²) in [6, 6.07) is 0. The lowest BCUT2D eigenvalue weighted by Crippen LogP contribution is -2.29. The number of hydroxylamine groups is 1. The zero-order chi connectivity index (χ0) is 18.9. The van der Waals surface area contributed by atoms with Crippen molar-refractivity contribution in [1.82, 2.24) is 0 Å². The first-order valence-electron chi connectivity index (χ1n) is 7.92. The number of allylic oxidation sites excluding steroid dienone is 2. The van der Waals surface area contributed by atoms with Crippen molar-refractivity contribution in [3.63, 3.8) is 0 Å². The molecular formula is C17H29FNO5+. The van der Waals surface area contributed by atoms with E-state index in [4.69, 9.17) is 4.74 Å². The van der Waals surface area contributed by atoms with E-state index in [0.717, 1.165) is 6.21 Å². The maximum absolute atomic E-state index is 13.5. The molecule has 0 heterocycles. The van der Waals surface area contributed by atoms with Gasteiger partial charge in [-0.2, -0.15) is 0 Å². The second-order valence-corrected chi connectivity index (χ2v) is 6.89. The molecule has 6 nitrogen and oxygen atoms in total. The minimum atomic E-state index is -0.773. The van der Waals surface area contributed by atoms with Crippen molar-refractivity contribution in [2.75, 3.05) is 13.7 Å². The van der Waals surface area contributed by atoms with E-state index in [1.807, 2.05) is 13.8 Å². The smallest absolute Gasteiger partial charge is 0.309 e. The number of rotatable bonds is 8. The summed E-state index contributed by atoms with van der Waals surface area (Å²) < 4.78 is 24.0. The van der Waals surface area contributed by atoms with Gasteiger partial charge in [-0.15, -0.1) is 0 Å². The van der Waals surface area contributed by atoms with Crippen molar-refractivity contribution >= 4 is 18.2 Å². The first kappa shape index (κ1) is 22.1. The van der Waals surface area contributed by atoms with Gasteiger partial charge in [-0.1, -0.05) is 13.8 Å². The van der Waals surface area contributed by atoms with Crippen molar-refractivity contribution in [2.24, 2.45) is 11.8 Å². The Morgan fingerprint density at radius 2 is 1.88 bits per heavy atom. The van der Waals surface area contributed by atoms with Gasteiger partial charge in [0.2, 0.25) is 0 Å². The Balaban J connectivity index is 4.78. The highest BCUT2D eigenvalue weighted by Crippen LogP contribution is 2.16. The van der Waals surface area contributed by atoms with E-state index in [1.54, 1.807) is 20.8 Å². The minimum Gasteiger partial charge on any atom is -0.469 e. The molecule has 0 saturated carbocycles. The van der Waals surface area contributed by atoms with Gasteiger partial charge >= 0.3 is 11.9 Å². The monoisotopic (exact) mass is 346 g/mol. The van der Waals surface area contributed by atoms with Crippen LogP contribution < -0.4 is 0 Å². The lowest BCUT2D eigenvalue weighted by atomic mass is 10.0. The summed E-state index contributed by atoms with van der Waals surface area (Å²) in [5.41, 5.74) is -0.653. The quantitative estimate of drug-likeness (QED) is 0.240. The summed E-state index contributed by atoms with van der Waals surface area (Å²) in [4.78, 5) is 23.6. The van der Waals surface area contributed by atoms with Gasteiger partial charge in [-0.25, -0.2) is 4.39 Å². The van der Waals surface area contributed by atoms with Crippen LogP contribution in [0, 0.1) is 11.8 Å². The van der Waals surface area contributed by atoms with E-state index in [2.05, 4.69) is 4.74 Å². The molecule has 0 aromatic heterocycles. The van der Waals surface area contributed by atoms with Crippen molar-refractivity contribution in [3.8, 4) is 0 Å². The third-order valence-corrected chi connectivity index (χ3v) is 2.84. The molecule has 0 aromatic rings. The molecule has 7 heteroatoms. The number of carbonyl (C=O) groups excluding carboxylic acids is 2. The van der Waals surface area contributed by atoms with Gasteiger partial charge in [0.25, 0.3) is 6.21 Å². The van der Waals surface area contributed by atoms with Crippen LogP contribution in [0.2, 0.25) is 0 Å². The number of halogens is 1. The topological polar surface area (TPSA) is 75.8 Å². The van der Waals surface area contributed by atoms with Gasteiger partial charge in [0.15, 0.2) is 12.4 Å². The van der Waals surface area contributed by atoms with Crippen LogP contribution in [0.3, 0.4) is 0 Å². The standard InChI is InChI=1S/C17H29FNO5/c1-12(2)9-14(18)11-19(22)8-7-13(16(21)23-6)10-15(20)24-17(3,4)5/h9,11-13,22H,7-8,10H2,1-6H3/q+1/b14-9+,19-11+/t13-/m1/s1. The fourth-order valence-electron chi connectivity index (χ4n) is 1.91. The predicted octanol–water partition coefficient (Wildman–Crippen LogP) is 2.88. The molecule has 24 heavy (non-hydrogen) atoms. The lowest BCUT2D eigenvalue weighted by Gasteiger charge is -2.21. The lowest BCUT2D eigenvalue weighted by molar-refractivity contribution is -0.771. The van der Waals surface area contributed by atoms with Gasteiger partial charge in [-0.05, 0) is 37.5 Å². The molecule has 0 aliphatic rings. The van der Waals surface area contributed by atoms with Crippen LogP contribution in [0.4, 0.5) is 4.39 Å². The Morgan fingerprint density at radius 3 is 2.33 bits per heavy atom. The Labute approximate surface area is 142 Å². The van der Waals surface area contributed by atoms with E-state index < -0.39 is 29.3 Å². The molecule has 0 bridgehead atoms. The molecule has 0 radical (unpaired) electrons. The van der Waals surface area contributed by atoms with E-state index >= 15 is 0 Å². The van der Waals surface area contributed by atoms with Crippen LogP contribution in [0.15, 0.2) is 11.9 Å². The zero-order valence-corrected chi connectivity index (χ0v) is 15.3. The molecule has 0 aliphatic heterocycles. The van der Waals surface area contributed by atoms with E-state index in [1.165, 1.54) is 13.2 Å². The largest absolute Gasteiger partial charge is 0.469 e. The average molecular weight is 346 g/mol. The fourth-order valence-corrected chi connectivity index (χ4v) is 1.91. The molecule has 0 unspecified atom stereocenters. The number of ether oxygens (including phenoxy) is 2. The fraction of sp³-hybridized carbons (Fsp3) is 0.706. The molecule has 0 saturated heterocycles. The van der Waals surface area contributed by atoms with Crippen LogP contribution in [-0.4, -0.2) is 47.4 Å². The van der Waals surface area contributed by atoms with E-state index in [0.29, 0.717) is 4.74 Å². The number of nitrogens with zero attached hydrogens (tertiary/aromatic N) is 1. The van der Waals surface area contributed by atoms with Crippen LogP contribution in [0.25, 0.3) is 0 Å². The van der Waals surface area contributed by atoms with Gasteiger partial charge in [-0.3, -0.25) is 14.8 Å². The number of carbonyl (C=O) groups is 2. The Kier molecular flexibility index (Phi) is 9.25. The van der Waals surface area contributed by atoms with Gasteiger partial charge in [0.05, 0.1) is 19.4 Å². The maximum Gasteiger partial charge on any atom is 0.309 e. The second kappa shape index (κ2) is 10.1. The molecule has 0 aromatic carbocycles. The summed E-state index contributed by atoms with van der Waals surface area (Å²) in [5, 5.41) is 9.69. The normalized spacial score (nSPS) is 14.5. The molecular weight excluding hydrogens is 317 g/mol. The van der Waals surface area contributed by atoms with Crippen LogP contribution >= 0.6 is 0 Å². The van der Waals surface area contributed by atoms with E-state index in [9.17, 15) is 19.2 Å². The molecule has 0 aliphatic carbocycles. The molecule has 1 atom stereocenters. The van der Waals surface area contributed by atoms with Crippen molar-refractivity contribution in [3.05, 3.63) is 11.9 Å². The summed E-state index contributed by atoms with van der Waals surface area (Å²) in [6.45, 7) is 8.78. The second-order valence-electron chi connectivity index (χ2n) is 6.89. The number of hydrogen-bond donors (Lipinski definition) is 1. The number of esters is 2. The summed E-state index contributed by atoms with van der Waals surface area (Å²) in [7, 11) is 1.22. The molecule has 0 rings (SSSR count). The predicted molar refractivity (Wildman–Crippen MR) is 87.6 cm³/mol. The Hall–Kier alpha value is -1.92. The number of hydrogen-bond acceptors (Lipinski definition) is 5. The van der Waals surface area contributed by atoms with Gasteiger partial charge in [0, 0.05) is 6.42 Å². The van der Waals surface area contributed by atoms with Gasteiger partial charge < -0.3 is 9.47 Å².